The second kappa shape index (κ2) is 8.70. The monoisotopic (exact) mass is 418 g/mol. The Hall–Kier alpha value is -4.14. The van der Waals surface area contributed by atoms with Crippen LogP contribution in [0.2, 0.25) is 0 Å². The molecule has 1 amide bonds. The number of tetrazole rings is 1. The molecule has 0 bridgehead atoms. The van der Waals surface area contributed by atoms with E-state index in [0.29, 0.717) is 16.8 Å². The van der Waals surface area contributed by atoms with E-state index in [1.165, 1.54) is 17.1 Å². The zero-order valence-electron chi connectivity index (χ0n) is 16.9. The number of halogens is 1. The first-order valence-electron chi connectivity index (χ1n) is 9.53. The number of carbonyl (C=O) groups is 1. The summed E-state index contributed by atoms with van der Waals surface area (Å²) in [6, 6.07) is 13.2. The van der Waals surface area contributed by atoms with E-state index in [-0.39, 0.29) is 17.6 Å². The van der Waals surface area contributed by atoms with Crippen LogP contribution in [0.15, 0.2) is 67.3 Å². The molecule has 0 aliphatic carbocycles. The molecule has 31 heavy (non-hydrogen) atoms. The number of nitrogens with one attached hydrogen (secondary N) is 1. The van der Waals surface area contributed by atoms with Gasteiger partial charge >= 0.3 is 6.09 Å². The molecule has 2 heterocycles. The second-order valence-electron chi connectivity index (χ2n) is 7.00. The maximum absolute atomic E-state index is 14.6. The summed E-state index contributed by atoms with van der Waals surface area (Å²) >= 11 is 0. The first-order chi connectivity index (χ1) is 15.0. The van der Waals surface area contributed by atoms with Gasteiger partial charge in [0.15, 0.2) is 0 Å². The highest BCUT2D eigenvalue weighted by molar-refractivity contribution is 5.74. The standard InChI is InChI=1S/C22H19FN6O2/c1-14-5-6-20(21(23)8-14)17-9-18(29-13-25-27-28-29)11-19(10-17)31-22(30)26-15(2)16-4-3-7-24-12-16/h3-13,15H,1-2H3,(H,26,30). The van der Waals surface area contributed by atoms with Gasteiger partial charge in [0.25, 0.3) is 0 Å². The first kappa shape index (κ1) is 20.1. The maximum Gasteiger partial charge on any atom is 0.413 e. The Morgan fingerprint density at radius 1 is 1.19 bits per heavy atom. The van der Waals surface area contributed by atoms with Crippen LogP contribution in [0.25, 0.3) is 16.8 Å². The van der Waals surface area contributed by atoms with E-state index in [2.05, 4.69) is 25.8 Å². The highest BCUT2D eigenvalue weighted by Gasteiger charge is 2.15. The quantitative estimate of drug-likeness (QED) is 0.526. The molecule has 0 aliphatic rings. The summed E-state index contributed by atoms with van der Waals surface area (Å²) in [7, 11) is 0. The van der Waals surface area contributed by atoms with Gasteiger partial charge in [-0.1, -0.05) is 18.2 Å². The van der Waals surface area contributed by atoms with Gasteiger partial charge in [-0.3, -0.25) is 4.98 Å². The summed E-state index contributed by atoms with van der Waals surface area (Å²) in [4.78, 5) is 16.5. The molecule has 156 valence electrons. The summed E-state index contributed by atoms with van der Waals surface area (Å²) in [5, 5.41) is 13.9. The van der Waals surface area contributed by atoms with E-state index in [1.807, 2.05) is 26.0 Å². The van der Waals surface area contributed by atoms with E-state index >= 15 is 0 Å². The molecular formula is C22H19FN6O2. The van der Waals surface area contributed by atoms with Crippen LogP contribution in [-0.2, 0) is 0 Å². The fourth-order valence-electron chi connectivity index (χ4n) is 3.09. The predicted octanol–water partition coefficient (Wildman–Crippen LogP) is 4.02. The lowest BCUT2D eigenvalue weighted by atomic mass is 10.0. The Labute approximate surface area is 177 Å². The molecule has 0 saturated heterocycles. The zero-order valence-corrected chi connectivity index (χ0v) is 16.9. The number of aromatic nitrogens is 5. The van der Waals surface area contributed by atoms with E-state index in [4.69, 9.17) is 4.74 Å². The smallest absolute Gasteiger partial charge is 0.410 e. The molecule has 4 rings (SSSR count). The largest absolute Gasteiger partial charge is 0.413 e. The van der Waals surface area contributed by atoms with Gasteiger partial charge in [-0.2, -0.15) is 0 Å². The lowest BCUT2D eigenvalue weighted by molar-refractivity contribution is 0.197. The third-order valence-corrected chi connectivity index (χ3v) is 4.67. The summed E-state index contributed by atoms with van der Waals surface area (Å²) < 4.78 is 21.5. The third-order valence-electron chi connectivity index (χ3n) is 4.67. The van der Waals surface area contributed by atoms with Crippen LogP contribution < -0.4 is 10.1 Å². The number of aryl methyl sites for hydroxylation is 1. The molecule has 2 aromatic carbocycles. The Kier molecular flexibility index (Phi) is 5.65. The number of nitrogens with zero attached hydrogens (tertiary/aromatic N) is 5. The van der Waals surface area contributed by atoms with Gasteiger partial charge in [0.05, 0.1) is 11.7 Å². The molecule has 0 saturated carbocycles. The number of rotatable bonds is 5. The maximum atomic E-state index is 14.6. The minimum absolute atomic E-state index is 0.221. The minimum atomic E-state index is -0.652. The number of benzene rings is 2. The number of pyridine rings is 1. The average molecular weight is 418 g/mol. The van der Waals surface area contributed by atoms with Crippen LogP contribution in [0.5, 0.6) is 5.75 Å². The predicted molar refractivity (Wildman–Crippen MR) is 111 cm³/mol. The van der Waals surface area contributed by atoms with Crippen molar-refractivity contribution in [1.29, 1.82) is 0 Å². The Balaban J connectivity index is 1.63. The lowest BCUT2D eigenvalue weighted by Crippen LogP contribution is -2.29. The Bertz CT molecular complexity index is 1200. The van der Waals surface area contributed by atoms with Crippen molar-refractivity contribution in [2.24, 2.45) is 0 Å². The van der Waals surface area contributed by atoms with Gasteiger partial charge in [0, 0.05) is 24.0 Å². The van der Waals surface area contributed by atoms with Crippen LogP contribution in [0.1, 0.15) is 24.1 Å². The van der Waals surface area contributed by atoms with Crippen molar-refractivity contribution in [3.63, 3.8) is 0 Å². The van der Waals surface area contributed by atoms with Crippen LogP contribution in [0, 0.1) is 12.7 Å². The minimum Gasteiger partial charge on any atom is -0.410 e. The molecule has 1 N–H and O–H groups in total. The molecule has 4 aromatic rings. The van der Waals surface area contributed by atoms with Crippen molar-refractivity contribution in [2.45, 2.75) is 19.9 Å². The molecule has 9 heteroatoms. The fourth-order valence-corrected chi connectivity index (χ4v) is 3.09. The van der Waals surface area contributed by atoms with Gasteiger partial charge < -0.3 is 10.1 Å². The highest BCUT2D eigenvalue weighted by Crippen LogP contribution is 2.30. The number of hydrogen-bond donors (Lipinski definition) is 1. The molecule has 8 nitrogen and oxygen atoms in total. The van der Waals surface area contributed by atoms with Gasteiger partial charge in [0.1, 0.15) is 17.9 Å². The summed E-state index contributed by atoms with van der Waals surface area (Å²) in [5.74, 6) is -0.159. The molecule has 0 aliphatic heterocycles. The zero-order chi connectivity index (χ0) is 21.8. The number of amides is 1. The number of ether oxygens (including phenoxy) is 1. The number of carbonyl (C=O) groups excluding carboxylic acids is 1. The molecular weight excluding hydrogens is 399 g/mol. The highest BCUT2D eigenvalue weighted by atomic mass is 19.1. The summed E-state index contributed by atoms with van der Waals surface area (Å²) in [5.41, 5.74) is 3.05. The van der Waals surface area contributed by atoms with Crippen LogP contribution in [0.3, 0.4) is 0 Å². The normalized spacial score (nSPS) is 11.7. The van der Waals surface area contributed by atoms with Crippen LogP contribution in [0.4, 0.5) is 9.18 Å². The van der Waals surface area contributed by atoms with E-state index in [9.17, 15) is 9.18 Å². The molecule has 2 aromatic heterocycles. The Morgan fingerprint density at radius 2 is 2.06 bits per heavy atom. The summed E-state index contributed by atoms with van der Waals surface area (Å²) in [6.07, 6.45) is 4.08. The summed E-state index contributed by atoms with van der Waals surface area (Å²) in [6.45, 7) is 3.63. The average Bonchev–Trinajstić information content (AvgIpc) is 3.29. The van der Waals surface area contributed by atoms with Crippen LogP contribution in [-0.4, -0.2) is 31.3 Å². The molecule has 0 radical (unpaired) electrons. The van der Waals surface area contributed by atoms with Gasteiger partial charge in [0.2, 0.25) is 0 Å². The van der Waals surface area contributed by atoms with Crippen molar-refractivity contribution in [3.05, 3.63) is 84.2 Å². The Morgan fingerprint density at radius 3 is 2.77 bits per heavy atom. The van der Waals surface area contributed by atoms with Gasteiger partial charge in [-0.25, -0.2) is 13.9 Å². The van der Waals surface area contributed by atoms with E-state index in [1.54, 1.807) is 42.7 Å². The number of hydrogen-bond acceptors (Lipinski definition) is 6. The topological polar surface area (TPSA) is 94.8 Å². The molecule has 0 spiro atoms. The molecule has 0 fully saturated rings. The lowest BCUT2D eigenvalue weighted by Gasteiger charge is -2.15. The molecule has 1 atom stereocenters. The van der Waals surface area contributed by atoms with E-state index in [0.717, 1.165) is 11.1 Å². The van der Waals surface area contributed by atoms with E-state index < -0.39 is 6.09 Å². The fraction of sp³-hybridized carbons (Fsp3) is 0.136. The van der Waals surface area contributed by atoms with Crippen molar-refractivity contribution in [2.75, 3.05) is 0 Å². The SMILES string of the molecule is Cc1ccc(-c2cc(OC(=O)NC(C)c3cccnc3)cc(-n3cnnn3)c2)c(F)c1. The van der Waals surface area contributed by atoms with Crippen molar-refractivity contribution < 1.29 is 13.9 Å². The van der Waals surface area contributed by atoms with Gasteiger partial charge in [-0.05, 0) is 65.2 Å². The van der Waals surface area contributed by atoms with Crippen LogP contribution >= 0.6 is 0 Å². The van der Waals surface area contributed by atoms with Crippen molar-refractivity contribution in [3.8, 4) is 22.6 Å². The second-order valence-corrected chi connectivity index (χ2v) is 7.00. The first-order valence-corrected chi connectivity index (χ1v) is 9.53. The third kappa shape index (κ3) is 4.72. The van der Waals surface area contributed by atoms with Crippen molar-refractivity contribution in [1.82, 2.24) is 30.5 Å². The van der Waals surface area contributed by atoms with Crippen molar-refractivity contribution >= 4 is 6.09 Å². The van der Waals surface area contributed by atoms with Gasteiger partial charge in [-0.15, -0.1) is 5.10 Å². The molecule has 1 unspecified atom stereocenters.